The van der Waals surface area contributed by atoms with Crippen molar-refractivity contribution in [2.45, 2.75) is 78.1 Å². The number of amides is 3. The fourth-order valence-electron chi connectivity index (χ4n) is 3.46. The van der Waals surface area contributed by atoms with Crippen LogP contribution in [0.3, 0.4) is 0 Å². The number of hydrogen-bond acceptors (Lipinski definition) is 5. The van der Waals surface area contributed by atoms with E-state index in [-0.39, 0.29) is 18.5 Å². The van der Waals surface area contributed by atoms with Gasteiger partial charge in [-0.2, -0.15) is 0 Å². The van der Waals surface area contributed by atoms with E-state index in [9.17, 15) is 19.5 Å². The molecule has 0 bridgehead atoms. The van der Waals surface area contributed by atoms with Gasteiger partial charge < -0.3 is 25.4 Å². The minimum Gasteiger partial charge on any atom is -0.444 e. The van der Waals surface area contributed by atoms with Crippen LogP contribution in [0, 0.1) is 0 Å². The summed E-state index contributed by atoms with van der Waals surface area (Å²) < 4.78 is 5.21. The van der Waals surface area contributed by atoms with Gasteiger partial charge in [-0.05, 0) is 58.2 Å². The van der Waals surface area contributed by atoms with Crippen LogP contribution in [0.1, 0.15) is 71.6 Å². The predicted molar refractivity (Wildman–Crippen MR) is 129 cm³/mol. The second-order valence-electron chi connectivity index (χ2n) is 8.98. The van der Waals surface area contributed by atoms with Crippen molar-refractivity contribution in [3.63, 3.8) is 0 Å². The van der Waals surface area contributed by atoms with E-state index < -0.39 is 36.3 Å². The third-order valence-corrected chi connectivity index (χ3v) is 4.93. The molecule has 1 aromatic rings. The van der Waals surface area contributed by atoms with Gasteiger partial charge in [-0.15, -0.1) is 0 Å². The number of nitrogens with one attached hydrogen (secondary N) is 2. The minimum absolute atomic E-state index is 0.0741. The smallest absolute Gasteiger partial charge is 0.408 e. The maximum Gasteiger partial charge on any atom is 0.408 e. The molecule has 3 atom stereocenters. The van der Waals surface area contributed by atoms with Gasteiger partial charge in [0.1, 0.15) is 17.7 Å². The Balaban J connectivity index is 3.30. The first-order chi connectivity index (χ1) is 15.5. The van der Waals surface area contributed by atoms with E-state index in [1.807, 2.05) is 19.9 Å². The molecule has 1 rings (SSSR count). The van der Waals surface area contributed by atoms with E-state index >= 15 is 0 Å². The van der Waals surface area contributed by atoms with Crippen LogP contribution in [0.15, 0.2) is 30.8 Å². The number of aliphatic hydroxyl groups is 1. The van der Waals surface area contributed by atoms with Crippen molar-refractivity contribution in [2.24, 2.45) is 0 Å². The average Bonchev–Trinajstić information content (AvgIpc) is 2.73. The Bertz CT molecular complexity index is 819. The molecule has 0 heterocycles. The molecule has 1 aromatic carbocycles. The molecule has 0 spiro atoms. The van der Waals surface area contributed by atoms with Gasteiger partial charge in [-0.25, -0.2) is 4.79 Å². The molecule has 8 nitrogen and oxygen atoms in total. The summed E-state index contributed by atoms with van der Waals surface area (Å²) >= 11 is 0. The number of nitrogens with zero attached hydrogens (tertiary/aromatic N) is 1. The van der Waals surface area contributed by atoms with Gasteiger partial charge in [0.15, 0.2) is 0 Å². The van der Waals surface area contributed by atoms with E-state index in [1.165, 1.54) is 4.90 Å². The van der Waals surface area contributed by atoms with Gasteiger partial charge in [0, 0.05) is 12.6 Å². The molecule has 0 fully saturated rings. The largest absolute Gasteiger partial charge is 0.444 e. The topological polar surface area (TPSA) is 108 Å². The Hall–Kier alpha value is -2.87. The van der Waals surface area contributed by atoms with Gasteiger partial charge in [0.25, 0.3) is 0 Å². The number of ether oxygens (including phenoxy) is 1. The maximum absolute atomic E-state index is 13.4. The number of aliphatic hydroxyl groups excluding tert-OH is 1. The first-order valence-electron chi connectivity index (χ1n) is 11.4. The monoisotopic (exact) mass is 461 g/mol. The van der Waals surface area contributed by atoms with Crippen LogP contribution in [0.25, 0.3) is 6.08 Å². The maximum atomic E-state index is 13.4. The molecule has 0 aliphatic rings. The molecule has 184 valence electrons. The lowest BCUT2D eigenvalue weighted by Crippen LogP contribution is -2.54. The molecular formula is C25H39N3O5. The van der Waals surface area contributed by atoms with E-state index in [0.29, 0.717) is 5.56 Å². The average molecular weight is 462 g/mol. The van der Waals surface area contributed by atoms with Crippen molar-refractivity contribution >= 4 is 24.0 Å². The van der Waals surface area contributed by atoms with Crippen molar-refractivity contribution in [1.82, 2.24) is 15.5 Å². The van der Waals surface area contributed by atoms with Crippen LogP contribution in [0.4, 0.5) is 4.79 Å². The summed E-state index contributed by atoms with van der Waals surface area (Å²) in [5, 5.41) is 15.2. The van der Waals surface area contributed by atoms with Crippen molar-refractivity contribution in [3.05, 3.63) is 42.0 Å². The number of benzene rings is 1. The molecule has 0 radical (unpaired) electrons. The highest BCUT2D eigenvalue weighted by atomic mass is 16.6. The van der Waals surface area contributed by atoms with E-state index in [0.717, 1.165) is 18.4 Å². The van der Waals surface area contributed by atoms with Gasteiger partial charge >= 0.3 is 6.09 Å². The van der Waals surface area contributed by atoms with Crippen molar-refractivity contribution in [2.75, 3.05) is 13.2 Å². The molecule has 0 aromatic heterocycles. The summed E-state index contributed by atoms with van der Waals surface area (Å²) in [6, 6.07) is 4.93. The molecule has 0 saturated carbocycles. The SMILES string of the molecule is C=Cc1cccc(C(C(=O)NC(C)CCC)N(CC)C(=O)C(CO)NC(=O)OC(C)(C)C)c1. The fourth-order valence-corrected chi connectivity index (χ4v) is 3.46. The summed E-state index contributed by atoms with van der Waals surface area (Å²) in [5.41, 5.74) is 0.652. The molecule has 3 N–H and O–H groups in total. The molecule has 0 saturated heterocycles. The van der Waals surface area contributed by atoms with Crippen LogP contribution in [0.2, 0.25) is 0 Å². The Morgan fingerprint density at radius 1 is 1.21 bits per heavy atom. The lowest BCUT2D eigenvalue weighted by molar-refractivity contribution is -0.143. The Morgan fingerprint density at radius 2 is 1.88 bits per heavy atom. The first kappa shape index (κ1) is 28.2. The van der Waals surface area contributed by atoms with Crippen LogP contribution < -0.4 is 10.6 Å². The molecule has 8 heteroatoms. The normalized spacial score (nSPS) is 13.9. The third kappa shape index (κ3) is 8.88. The van der Waals surface area contributed by atoms with E-state index in [2.05, 4.69) is 17.2 Å². The zero-order valence-electron chi connectivity index (χ0n) is 20.7. The summed E-state index contributed by atoms with van der Waals surface area (Å²) in [6.45, 7) is 14.1. The quantitative estimate of drug-likeness (QED) is 0.468. The number of hydrogen-bond donors (Lipinski definition) is 3. The minimum atomic E-state index is -1.26. The Kier molecular flexibility index (Phi) is 11.1. The lowest BCUT2D eigenvalue weighted by atomic mass is 10.00. The molecule has 0 aliphatic carbocycles. The van der Waals surface area contributed by atoms with Crippen molar-refractivity contribution in [1.29, 1.82) is 0 Å². The Labute approximate surface area is 197 Å². The van der Waals surface area contributed by atoms with Crippen LogP contribution in [-0.4, -0.2) is 58.8 Å². The molecule has 3 unspecified atom stereocenters. The second-order valence-corrected chi connectivity index (χ2v) is 8.98. The number of likely N-dealkylation sites (N-methyl/N-ethyl adjacent to an activating group) is 1. The van der Waals surface area contributed by atoms with E-state index in [1.54, 1.807) is 52.0 Å². The highest BCUT2D eigenvalue weighted by molar-refractivity contribution is 5.92. The van der Waals surface area contributed by atoms with Gasteiger partial charge in [0.2, 0.25) is 11.8 Å². The zero-order chi connectivity index (χ0) is 25.2. The molecular weight excluding hydrogens is 422 g/mol. The van der Waals surface area contributed by atoms with Gasteiger partial charge in [-0.3, -0.25) is 9.59 Å². The van der Waals surface area contributed by atoms with Gasteiger partial charge in [0.05, 0.1) is 6.61 Å². The standard InChI is InChI=1S/C25H39N3O5/c1-8-12-17(4)26-22(30)21(19-14-11-13-18(9-2)15-19)28(10-3)23(31)20(16-29)27-24(32)33-25(5,6)7/h9,11,13-15,17,20-21,29H,2,8,10,12,16H2,1,3-7H3,(H,26,30)(H,27,32). The summed E-state index contributed by atoms with van der Waals surface area (Å²) in [6.07, 6.45) is 2.54. The molecule has 3 amide bonds. The van der Waals surface area contributed by atoms with E-state index in [4.69, 9.17) is 4.74 Å². The van der Waals surface area contributed by atoms with Crippen LogP contribution in [-0.2, 0) is 14.3 Å². The predicted octanol–water partition coefficient (Wildman–Crippen LogP) is 3.41. The van der Waals surface area contributed by atoms with Crippen molar-refractivity contribution < 1.29 is 24.2 Å². The highest BCUT2D eigenvalue weighted by Gasteiger charge is 2.35. The first-order valence-corrected chi connectivity index (χ1v) is 11.4. The number of alkyl carbamates (subject to hydrolysis) is 1. The summed E-state index contributed by atoms with van der Waals surface area (Å²) in [7, 11) is 0. The summed E-state index contributed by atoms with van der Waals surface area (Å²) in [4.78, 5) is 40.3. The van der Waals surface area contributed by atoms with Crippen molar-refractivity contribution in [3.8, 4) is 0 Å². The number of carbonyl (C=O) groups excluding carboxylic acids is 3. The fraction of sp³-hybridized carbons (Fsp3) is 0.560. The lowest BCUT2D eigenvalue weighted by Gasteiger charge is -2.34. The molecule has 0 aliphatic heterocycles. The summed E-state index contributed by atoms with van der Waals surface area (Å²) in [5.74, 6) is -0.917. The van der Waals surface area contributed by atoms with Crippen LogP contribution >= 0.6 is 0 Å². The second kappa shape index (κ2) is 13.0. The number of carbonyl (C=O) groups is 3. The molecule has 33 heavy (non-hydrogen) atoms. The third-order valence-electron chi connectivity index (χ3n) is 4.93. The van der Waals surface area contributed by atoms with Crippen LogP contribution in [0.5, 0.6) is 0 Å². The highest BCUT2D eigenvalue weighted by Crippen LogP contribution is 2.24. The Morgan fingerprint density at radius 3 is 2.39 bits per heavy atom. The van der Waals surface area contributed by atoms with Gasteiger partial charge in [-0.1, -0.05) is 44.2 Å². The number of rotatable bonds is 11. The zero-order valence-corrected chi connectivity index (χ0v) is 20.7.